The molecule has 2 N–H and O–H groups in total. The van der Waals surface area contributed by atoms with Crippen molar-refractivity contribution in [2.75, 3.05) is 6.61 Å². The van der Waals surface area contributed by atoms with Gasteiger partial charge in [-0.2, -0.15) is 0 Å². The quantitative estimate of drug-likeness (QED) is 0.0621. The molecular formula is C41H73NO6Si2. The number of amides is 1. The molecule has 286 valence electrons. The average Bonchev–Trinajstić information content (AvgIpc) is 2.98. The van der Waals surface area contributed by atoms with Crippen LogP contribution >= 0.6 is 0 Å². The largest absolute Gasteiger partial charge is 0.446 e. The monoisotopic (exact) mass is 731 g/mol. The molecule has 7 nitrogen and oxygen atoms in total. The Morgan fingerprint density at radius 3 is 1.80 bits per heavy atom. The predicted molar refractivity (Wildman–Crippen MR) is 214 cm³/mol. The van der Waals surface area contributed by atoms with Crippen LogP contribution in [0.25, 0.3) is 0 Å². The SMILES string of the molecule is C/C(=C/[C@H](C)[C@@H](O[Si](C)(C)C(C)(C)C)[C@@H](C)/C=C\C=O)CC(C)C(O[Si](C)(C)C(C)(C)C)C(C)C(OC(N)=O)[C@@H](C)COCc1ccccc1. The van der Waals surface area contributed by atoms with Gasteiger partial charge in [-0.05, 0) is 79.0 Å². The van der Waals surface area contributed by atoms with E-state index >= 15 is 0 Å². The van der Waals surface area contributed by atoms with Gasteiger partial charge in [0.1, 0.15) is 12.4 Å². The topological polar surface area (TPSA) is 97.1 Å². The standard InChI is InChI=1S/C41H73NO6Si2/c1-29(25-31(3)36(30(2)21-20-24-43)47-49(13,14)40(7,8)9)26-32(4)38(48-50(15,16)41(10,11)12)34(6)37(46-39(42)44)33(5)27-45-28-35-22-18-17-19-23-35/h17-25,30-34,36-38H,26-28H2,1-16H3,(H2,42,44)/b21-20-,29-25-/t30-,31-,32?,33-,34?,36-,37?,38?/m0/s1. The number of primary amides is 1. The summed E-state index contributed by atoms with van der Waals surface area (Å²) < 4.78 is 26.2. The summed E-state index contributed by atoms with van der Waals surface area (Å²) in [4.78, 5) is 23.5. The molecule has 0 fully saturated rings. The summed E-state index contributed by atoms with van der Waals surface area (Å²) in [5.74, 6) is 0.0524. The lowest BCUT2D eigenvalue weighted by atomic mass is 9.81. The second-order valence-electron chi connectivity index (χ2n) is 17.9. The minimum Gasteiger partial charge on any atom is -0.446 e. The number of nitrogens with two attached hydrogens (primary N) is 1. The molecule has 0 aliphatic carbocycles. The minimum absolute atomic E-state index is 0.00593. The Bertz CT molecular complexity index is 1230. The van der Waals surface area contributed by atoms with Crippen LogP contribution in [-0.4, -0.2) is 53.9 Å². The lowest BCUT2D eigenvalue weighted by Gasteiger charge is -2.45. The molecule has 8 atom stereocenters. The Labute approximate surface area is 308 Å². The molecule has 0 saturated heterocycles. The number of hydrogen-bond donors (Lipinski definition) is 1. The summed E-state index contributed by atoms with van der Waals surface area (Å²) >= 11 is 0. The van der Waals surface area contributed by atoms with Gasteiger partial charge in [0.05, 0.1) is 25.4 Å². The van der Waals surface area contributed by atoms with E-state index in [1.165, 1.54) is 5.57 Å². The molecule has 1 aromatic rings. The third-order valence-electron chi connectivity index (χ3n) is 11.1. The van der Waals surface area contributed by atoms with Gasteiger partial charge in [0.15, 0.2) is 16.6 Å². The van der Waals surface area contributed by atoms with E-state index in [9.17, 15) is 9.59 Å². The zero-order valence-electron chi connectivity index (χ0n) is 34.5. The molecular weight excluding hydrogens is 659 g/mol. The Morgan fingerprint density at radius 2 is 1.32 bits per heavy atom. The van der Waals surface area contributed by atoms with Crippen molar-refractivity contribution in [3.05, 3.63) is 59.7 Å². The van der Waals surface area contributed by atoms with Crippen LogP contribution in [0, 0.1) is 29.6 Å². The molecule has 0 saturated carbocycles. The Balaban J connectivity index is 3.43. The highest BCUT2D eigenvalue weighted by Crippen LogP contribution is 2.42. The van der Waals surface area contributed by atoms with E-state index < -0.39 is 28.8 Å². The van der Waals surface area contributed by atoms with Crippen molar-refractivity contribution < 1.29 is 27.9 Å². The van der Waals surface area contributed by atoms with E-state index in [4.69, 9.17) is 24.1 Å². The van der Waals surface area contributed by atoms with Crippen LogP contribution in [0.1, 0.15) is 95.1 Å². The molecule has 0 aromatic heterocycles. The van der Waals surface area contributed by atoms with E-state index in [2.05, 4.69) is 115 Å². The van der Waals surface area contributed by atoms with Gasteiger partial charge in [0, 0.05) is 11.8 Å². The zero-order valence-corrected chi connectivity index (χ0v) is 36.5. The zero-order chi connectivity index (χ0) is 38.7. The first-order valence-corrected chi connectivity index (χ1v) is 24.4. The van der Waals surface area contributed by atoms with Gasteiger partial charge >= 0.3 is 6.09 Å². The molecule has 0 radical (unpaired) electrons. The maximum absolute atomic E-state index is 12.3. The van der Waals surface area contributed by atoms with Crippen LogP contribution in [0.5, 0.6) is 0 Å². The van der Waals surface area contributed by atoms with Crippen LogP contribution in [0.15, 0.2) is 54.1 Å². The number of hydrogen-bond acceptors (Lipinski definition) is 6. The van der Waals surface area contributed by atoms with Gasteiger partial charge in [-0.3, -0.25) is 4.79 Å². The number of allylic oxidation sites excluding steroid dienone is 2. The first kappa shape index (κ1) is 46.0. The fourth-order valence-electron chi connectivity index (χ4n) is 6.13. The first-order valence-electron chi connectivity index (χ1n) is 18.6. The molecule has 0 aliphatic heterocycles. The van der Waals surface area contributed by atoms with Crippen molar-refractivity contribution in [2.45, 2.75) is 151 Å². The van der Waals surface area contributed by atoms with Crippen LogP contribution in [0.2, 0.25) is 36.3 Å². The lowest BCUT2D eigenvalue weighted by Crippen LogP contribution is -2.51. The molecule has 0 spiro atoms. The second kappa shape index (κ2) is 19.7. The van der Waals surface area contributed by atoms with Gasteiger partial charge in [0.2, 0.25) is 0 Å². The highest BCUT2D eigenvalue weighted by atomic mass is 28.4. The Morgan fingerprint density at radius 1 is 0.800 bits per heavy atom. The third-order valence-corrected chi connectivity index (χ3v) is 20.0. The van der Waals surface area contributed by atoms with Crippen LogP contribution in [-0.2, 0) is 29.7 Å². The molecule has 4 unspecified atom stereocenters. The van der Waals surface area contributed by atoms with Gasteiger partial charge in [-0.1, -0.05) is 124 Å². The summed E-state index contributed by atoms with van der Waals surface area (Å²) in [7, 11) is -4.32. The van der Waals surface area contributed by atoms with Gasteiger partial charge in [-0.25, -0.2) is 4.79 Å². The number of aldehydes is 1. The first-order chi connectivity index (χ1) is 22.8. The Kier molecular flexibility index (Phi) is 18.1. The summed E-state index contributed by atoms with van der Waals surface area (Å²) in [6, 6.07) is 10.1. The van der Waals surface area contributed by atoms with Crippen molar-refractivity contribution in [3.63, 3.8) is 0 Å². The molecule has 50 heavy (non-hydrogen) atoms. The molecule has 1 aromatic carbocycles. The van der Waals surface area contributed by atoms with Crippen molar-refractivity contribution in [1.29, 1.82) is 0 Å². The number of rotatable bonds is 20. The normalized spacial score (nSPS) is 18.5. The van der Waals surface area contributed by atoms with Crippen LogP contribution < -0.4 is 5.73 Å². The second-order valence-corrected chi connectivity index (χ2v) is 27.4. The predicted octanol–water partition coefficient (Wildman–Crippen LogP) is 10.7. The van der Waals surface area contributed by atoms with E-state index in [1.54, 1.807) is 6.08 Å². The summed E-state index contributed by atoms with van der Waals surface area (Å²) in [6.45, 7) is 36.5. The van der Waals surface area contributed by atoms with Crippen molar-refractivity contribution in [1.82, 2.24) is 0 Å². The maximum atomic E-state index is 12.3. The molecule has 1 rings (SSSR count). The van der Waals surface area contributed by atoms with Crippen LogP contribution in [0.3, 0.4) is 0 Å². The van der Waals surface area contributed by atoms with Crippen molar-refractivity contribution in [2.24, 2.45) is 35.3 Å². The number of ether oxygens (including phenoxy) is 2. The fraction of sp³-hybridized carbons (Fsp3) is 0.707. The fourth-order valence-corrected chi connectivity index (χ4v) is 9.07. The van der Waals surface area contributed by atoms with Gasteiger partial charge in [-0.15, -0.1) is 0 Å². The van der Waals surface area contributed by atoms with E-state index in [1.807, 2.05) is 36.4 Å². The molecule has 0 bridgehead atoms. The highest BCUT2D eigenvalue weighted by Gasteiger charge is 2.45. The number of carbonyl (C=O) groups is 2. The maximum Gasteiger partial charge on any atom is 0.404 e. The van der Waals surface area contributed by atoms with Crippen molar-refractivity contribution >= 4 is 29.0 Å². The van der Waals surface area contributed by atoms with E-state index in [-0.39, 0.29) is 51.9 Å². The average molecular weight is 732 g/mol. The third kappa shape index (κ3) is 14.5. The lowest BCUT2D eigenvalue weighted by molar-refractivity contribution is -0.104. The van der Waals surface area contributed by atoms with E-state index in [0.717, 1.165) is 18.3 Å². The summed E-state index contributed by atoms with van der Waals surface area (Å²) in [6.07, 6.45) is 5.99. The van der Waals surface area contributed by atoms with Gasteiger partial charge in [0.25, 0.3) is 0 Å². The molecule has 0 aliphatic rings. The van der Waals surface area contributed by atoms with Gasteiger partial charge < -0.3 is 24.1 Å². The minimum atomic E-state index is -2.23. The molecule has 0 heterocycles. The number of carbonyl (C=O) groups excluding carboxylic acids is 2. The van der Waals surface area contributed by atoms with Crippen LogP contribution in [0.4, 0.5) is 4.79 Å². The molecule has 1 amide bonds. The Hall–Kier alpha value is -2.05. The highest BCUT2D eigenvalue weighted by molar-refractivity contribution is 6.74. The summed E-state index contributed by atoms with van der Waals surface area (Å²) in [5.41, 5.74) is 8.02. The van der Waals surface area contributed by atoms with Crippen molar-refractivity contribution in [3.8, 4) is 0 Å². The molecule has 9 heteroatoms. The van der Waals surface area contributed by atoms with E-state index in [0.29, 0.717) is 13.2 Å². The smallest absolute Gasteiger partial charge is 0.404 e. The summed E-state index contributed by atoms with van der Waals surface area (Å²) in [5, 5.41) is 0.0536. The number of benzene rings is 1.